The average Bonchev–Trinajstić information content (AvgIpc) is 3.24. The fourth-order valence-electron chi connectivity index (χ4n) is 10.3. The molecule has 2 unspecified atom stereocenters. The number of ketones is 1. The average molecular weight is 874 g/mol. The maximum atomic E-state index is 15.6. The fourth-order valence-corrected chi connectivity index (χ4v) is 10.3. The molecule has 1 heterocycles. The van der Waals surface area contributed by atoms with Gasteiger partial charge in [-0.1, -0.05) is 88.2 Å². The van der Waals surface area contributed by atoms with Crippen LogP contribution in [0.15, 0.2) is 84.0 Å². The van der Waals surface area contributed by atoms with Crippen LogP contribution in [0, 0.1) is 16.7 Å². The first kappa shape index (κ1) is 47.3. The molecule has 2 bridgehead atoms. The number of carbonyl (C=O) groups excluding carboxylic acids is 6. The summed E-state index contributed by atoms with van der Waals surface area (Å²) in [4.78, 5) is 83.9. The Hall–Kier alpha value is -5.22. The molecule has 1 amide bonds. The van der Waals surface area contributed by atoms with E-state index in [9.17, 15) is 39.3 Å². The Labute approximate surface area is 367 Å². The highest BCUT2D eigenvalue weighted by atomic mass is 16.6. The second kappa shape index (κ2) is 18.5. The minimum atomic E-state index is -2.39. The normalized spacial score (nSPS) is 31.7. The van der Waals surface area contributed by atoms with E-state index in [0.29, 0.717) is 12.0 Å². The maximum absolute atomic E-state index is 15.6. The van der Waals surface area contributed by atoms with Gasteiger partial charge in [0.1, 0.15) is 23.9 Å². The molecule has 6 rings (SSSR count). The Balaban J connectivity index is 1.54. The first-order valence-electron chi connectivity index (χ1n) is 21.6. The van der Waals surface area contributed by atoms with E-state index in [2.05, 4.69) is 5.32 Å². The van der Waals surface area contributed by atoms with Crippen molar-refractivity contribution < 1.29 is 67.8 Å². The number of aliphatic hydroxyl groups is 3. The lowest BCUT2D eigenvalue weighted by Crippen LogP contribution is -2.82. The molecule has 15 heteroatoms. The van der Waals surface area contributed by atoms with Crippen molar-refractivity contribution in [2.24, 2.45) is 16.7 Å². The van der Waals surface area contributed by atoms with Crippen molar-refractivity contribution in [1.29, 1.82) is 0 Å². The SMILES string of the molecule is C/C=C/C(=O)O[C@H]1C(=O)[C@@]2(C)C(C(OC(=O)c3ccccc3)[C@]3(O)C[C@H](OC(=O)[C@H](O)[C@@H](NC(=O)CCCCC)c4ccccc4)C(C)=C1C3(C)C)[C@]1(OC(C)=O)CO[C@@H]1C[C@@H]2O. The van der Waals surface area contributed by atoms with Crippen LogP contribution in [0.1, 0.15) is 109 Å². The number of unbranched alkanes of at least 4 members (excludes halogenated alkanes) is 2. The third-order valence-corrected chi connectivity index (χ3v) is 13.7. The first-order chi connectivity index (χ1) is 29.8. The zero-order chi connectivity index (χ0) is 46.1. The molecule has 0 aromatic heterocycles. The molecule has 4 aliphatic rings. The van der Waals surface area contributed by atoms with Crippen molar-refractivity contribution in [1.82, 2.24) is 5.32 Å². The molecule has 1 aliphatic heterocycles. The molecule has 2 saturated carbocycles. The van der Waals surface area contributed by atoms with E-state index in [1.165, 1.54) is 32.1 Å². The molecule has 3 aliphatic carbocycles. The van der Waals surface area contributed by atoms with Gasteiger partial charge >= 0.3 is 23.9 Å². The van der Waals surface area contributed by atoms with E-state index in [1.54, 1.807) is 69.3 Å². The number of carbonyl (C=O) groups is 6. The van der Waals surface area contributed by atoms with E-state index < -0.39 is 113 Å². The van der Waals surface area contributed by atoms with Crippen molar-refractivity contribution in [3.8, 4) is 0 Å². The first-order valence-corrected chi connectivity index (χ1v) is 21.6. The van der Waals surface area contributed by atoms with Gasteiger partial charge in [0, 0.05) is 37.7 Å². The largest absolute Gasteiger partial charge is 0.456 e. The standard InChI is InChI=1S/C48H59NO14/c1-8-10-13-23-34(52)49-37(29-19-14-11-15-20-29)38(54)44(57)60-31-25-48(58)42(62-43(56)30-21-16-12-17-22-30)40-46(7,32(51)24-33-47(40,26-59-33)63-28(4)50)41(55)39(61-35(53)18-9-2)36(27(31)3)45(48,5)6/h9,11-12,14-22,31-33,37-40,42,51,54,58H,8,10,13,23-26H2,1-7H3,(H,49,52)/b18-9+/t31-,32-,33+,37-,38+,39+,40?,42?,46+,47-,48+/m0/s1. The summed E-state index contributed by atoms with van der Waals surface area (Å²) in [6, 6.07) is 15.0. The number of allylic oxidation sites excluding steroid dienone is 1. The van der Waals surface area contributed by atoms with Crippen LogP contribution in [0.3, 0.4) is 0 Å². The Kier molecular flexibility index (Phi) is 13.9. The van der Waals surface area contributed by atoms with E-state index in [4.69, 9.17) is 23.7 Å². The highest BCUT2D eigenvalue weighted by molar-refractivity contribution is 5.97. The number of hydrogen-bond donors (Lipinski definition) is 4. The molecule has 3 fully saturated rings. The second-order valence-electron chi connectivity index (χ2n) is 17.9. The summed E-state index contributed by atoms with van der Waals surface area (Å²) in [5, 5.41) is 40.4. The van der Waals surface area contributed by atoms with E-state index in [1.807, 2.05) is 6.92 Å². The summed E-state index contributed by atoms with van der Waals surface area (Å²) >= 11 is 0. The third kappa shape index (κ3) is 8.48. The number of fused-ring (bicyclic) bond motifs is 5. The van der Waals surface area contributed by atoms with Crippen molar-refractivity contribution >= 4 is 35.6 Å². The molecule has 4 N–H and O–H groups in total. The number of esters is 4. The van der Waals surface area contributed by atoms with Crippen LogP contribution in [0.4, 0.5) is 0 Å². The van der Waals surface area contributed by atoms with Crippen molar-refractivity contribution in [3.63, 3.8) is 0 Å². The monoisotopic (exact) mass is 873 g/mol. The van der Waals surface area contributed by atoms with Gasteiger partial charge in [0.05, 0.1) is 35.6 Å². The summed E-state index contributed by atoms with van der Waals surface area (Å²) in [6.45, 7) is 10.5. The van der Waals surface area contributed by atoms with Gasteiger partial charge in [-0.25, -0.2) is 14.4 Å². The van der Waals surface area contributed by atoms with Gasteiger partial charge in [-0.05, 0) is 56.0 Å². The summed E-state index contributed by atoms with van der Waals surface area (Å²) in [6.07, 6.45) is -5.58. The molecular weight excluding hydrogens is 815 g/mol. The van der Waals surface area contributed by atoms with Crippen LogP contribution in [0.2, 0.25) is 0 Å². The number of ether oxygens (including phenoxy) is 5. The quantitative estimate of drug-likeness (QED) is 0.0673. The lowest BCUT2D eigenvalue weighted by atomic mass is 9.44. The fraction of sp³-hybridized carbons (Fsp3) is 0.542. The number of benzene rings is 2. The smallest absolute Gasteiger partial charge is 0.338 e. The summed E-state index contributed by atoms with van der Waals surface area (Å²) < 4.78 is 30.5. The predicted octanol–water partition coefficient (Wildman–Crippen LogP) is 4.56. The van der Waals surface area contributed by atoms with E-state index in [0.717, 1.165) is 25.8 Å². The number of Topliss-reactive ketones (excluding diaryl/α,β-unsaturated/α-hetero) is 1. The lowest BCUT2D eigenvalue weighted by molar-refractivity contribution is -0.346. The van der Waals surface area contributed by atoms with Gasteiger partial charge in [-0.2, -0.15) is 0 Å². The molecular formula is C48H59NO14. The van der Waals surface area contributed by atoms with E-state index >= 15 is 4.79 Å². The number of hydrogen-bond acceptors (Lipinski definition) is 14. The second-order valence-corrected chi connectivity index (χ2v) is 17.9. The Morgan fingerprint density at radius 3 is 2.21 bits per heavy atom. The molecule has 2 aromatic carbocycles. The van der Waals surface area contributed by atoms with Gasteiger partial charge in [-0.3, -0.25) is 14.4 Å². The molecule has 2 aromatic rings. The third-order valence-electron chi connectivity index (χ3n) is 13.7. The summed E-state index contributed by atoms with van der Waals surface area (Å²) in [5.41, 5.74) is -7.25. The van der Waals surface area contributed by atoms with Crippen LogP contribution >= 0.6 is 0 Å². The zero-order valence-electron chi connectivity index (χ0n) is 36.8. The highest BCUT2D eigenvalue weighted by Gasteiger charge is 2.78. The lowest BCUT2D eigenvalue weighted by Gasteiger charge is -2.67. The summed E-state index contributed by atoms with van der Waals surface area (Å²) in [7, 11) is 0. The van der Waals surface area contributed by atoms with Gasteiger partial charge in [-0.15, -0.1) is 0 Å². The Morgan fingerprint density at radius 2 is 1.62 bits per heavy atom. The van der Waals surface area contributed by atoms with Crippen molar-refractivity contribution in [2.75, 3.05) is 6.61 Å². The molecule has 11 atom stereocenters. The summed E-state index contributed by atoms with van der Waals surface area (Å²) in [5.74, 6) is -6.67. The van der Waals surface area contributed by atoms with Crippen LogP contribution in [0.25, 0.3) is 0 Å². The predicted molar refractivity (Wildman–Crippen MR) is 225 cm³/mol. The highest BCUT2D eigenvalue weighted by Crippen LogP contribution is 2.64. The maximum Gasteiger partial charge on any atom is 0.338 e. The topological polar surface area (TPSA) is 221 Å². The number of amides is 1. The van der Waals surface area contributed by atoms with Crippen LogP contribution < -0.4 is 5.32 Å². The minimum Gasteiger partial charge on any atom is -0.456 e. The minimum absolute atomic E-state index is 0.00335. The van der Waals surface area contributed by atoms with Crippen LogP contribution in [-0.4, -0.2) is 105 Å². The number of nitrogens with one attached hydrogen (secondary N) is 1. The van der Waals surface area contributed by atoms with Gasteiger partial charge < -0.3 is 44.3 Å². The Bertz CT molecular complexity index is 2140. The number of rotatable bonds is 14. The molecule has 340 valence electrons. The molecule has 1 saturated heterocycles. The molecule has 0 radical (unpaired) electrons. The zero-order valence-corrected chi connectivity index (χ0v) is 36.8. The molecule has 0 spiro atoms. The molecule has 63 heavy (non-hydrogen) atoms. The van der Waals surface area contributed by atoms with E-state index in [-0.39, 0.29) is 36.2 Å². The van der Waals surface area contributed by atoms with Gasteiger partial charge in [0.25, 0.3) is 0 Å². The van der Waals surface area contributed by atoms with Crippen LogP contribution in [-0.2, 0) is 47.7 Å². The van der Waals surface area contributed by atoms with Crippen molar-refractivity contribution in [3.05, 3.63) is 95.1 Å². The van der Waals surface area contributed by atoms with Crippen LogP contribution in [0.5, 0.6) is 0 Å². The molecule has 15 nitrogen and oxygen atoms in total. The van der Waals surface area contributed by atoms with Crippen molar-refractivity contribution in [2.45, 2.75) is 141 Å². The van der Waals surface area contributed by atoms with Gasteiger partial charge in [0.15, 0.2) is 23.6 Å². The number of aliphatic hydroxyl groups excluding tert-OH is 2. The Morgan fingerprint density at radius 1 is 0.968 bits per heavy atom. The van der Waals surface area contributed by atoms with Gasteiger partial charge in [0.2, 0.25) is 5.91 Å².